The van der Waals surface area contributed by atoms with Gasteiger partial charge in [0.1, 0.15) is 5.82 Å². The van der Waals surface area contributed by atoms with E-state index in [4.69, 9.17) is 0 Å². The summed E-state index contributed by atoms with van der Waals surface area (Å²) in [5.41, 5.74) is 0.902. The number of hydrogen-bond acceptors (Lipinski definition) is 6. The molecule has 6 nitrogen and oxygen atoms in total. The average Bonchev–Trinajstić information content (AvgIpc) is 2.69. The van der Waals surface area contributed by atoms with Gasteiger partial charge in [0.25, 0.3) is 0 Å². The largest absolute Gasteiger partial charge is 0.416 e. The second-order valence-electron chi connectivity index (χ2n) is 6.53. The molecule has 0 radical (unpaired) electrons. The third kappa shape index (κ3) is 5.00. The van der Waals surface area contributed by atoms with E-state index in [1.807, 2.05) is 6.07 Å². The number of anilines is 3. The Morgan fingerprint density at radius 3 is 2.59 bits per heavy atom. The Hall–Kier alpha value is -3.20. The second kappa shape index (κ2) is 8.44. The van der Waals surface area contributed by atoms with Crippen LogP contribution in [0, 0.1) is 6.92 Å². The van der Waals surface area contributed by atoms with Gasteiger partial charge in [-0.25, -0.2) is 4.98 Å². The summed E-state index contributed by atoms with van der Waals surface area (Å²) in [6.45, 7) is 3.03. The number of aromatic nitrogens is 3. The fraction of sp³-hybridized carbons (Fsp3) is 0.250. The summed E-state index contributed by atoms with van der Waals surface area (Å²) in [6.07, 6.45) is -1.19. The molecule has 0 saturated carbocycles. The van der Waals surface area contributed by atoms with Crippen molar-refractivity contribution in [2.24, 2.45) is 0 Å². The molecular weight excluding hydrogens is 383 g/mol. The molecule has 0 amide bonds. The molecule has 0 spiro atoms. The molecule has 2 aromatic heterocycles. The Morgan fingerprint density at radius 1 is 1.14 bits per heavy atom. The number of alkyl halides is 3. The van der Waals surface area contributed by atoms with Crippen LogP contribution in [0.25, 0.3) is 11.3 Å². The molecule has 3 N–H and O–H groups in total. The predicted molar refractivity (Wildman–Crippen MR) is 105 cm³/mol. The SMILES string of the molecule is Cc1c(Nc2cc(-c3cccnc3)nc(N[C@@H](C)CO)n2)cccc1C(F)(F)F. The van der Waals surface area contributed by atoms with Crippen LogP contribution >= 0.6 is 0 Å². The molecule has 29 heavy (non-hydrogen) atoms. The van der Waals surface area contributed by atoms with Crippen molar-refractivity contribution in [1.82, 2.24) is 15.0 Å². The van der Waals surface area contributed by atoms with Crippen molar-refractivity contribution < 1.29 is 18.3 Å². The first-order chi connectivity index (χ1) is 13.8. The fourth-order valence-corrected chi connectivity index (χ4v) is 2.72. The maximum atomic E-state index is 13.2. The first-order valence-electron chi connectivity index (χ1n) is 8.88. The van der Waals surface area contributed by atoms with E-state index in [1.165, 1.54) is 13.0 Å². The topological polar surface area (TPSA) is 83.0 Å². The average molecular weight is 403 g/mol. The van der Waals surface area contributed by atoms with Crippen LogP contribution in [-0.4, -0.2) is 32.7 Å². The van der Waals surface area contributed by atoms with Crippen molar-refractivity contribution in [1.29, 1.82) is 0 Å². The van der Waals surface area contributed by atoms with Crippen molar-refractivity contribution in [2.45, 2.75) is 26.1 Å². The van der Waals surface area contributed by atoms with Crippen LogP contribution in [0.1, 0.15) is 18.1 Å². The highest BCUT2D eigenvalue weighted by molar-refractivity contribution is 5.68. The molecule has 2 heterocycles. The maximum absolute atomic E-state index is 13.2. The molecule has 0 aliphatic carbocycles. The van der Waals surface area contributed by atoms with Crippen LogP contribution in [0.4, 0.5) is 30.6 Å². The zero-order valence-corrected chi connectivity index (χ0v) is 15.8. The first kappa shape index (κ1) is 20.5. The monoisotopic (exact) mass is 403 g/mol. The summed E-state index contributed by atoms with van der Waals surface area (Å²) in [7, 11) is 0. The molecule has 152 valence electrons. The molecule has 3 rings (SSSR count). The number of nitrogens with zero attached hydrogens (tertiary/aromatic N) is 3. The van der Waals surface area contributed by atoms with Crippen molar-refractivity contribution in [2.75, 3.05) is 17.2 Å². The first-order valence-corrected chi connectivity index (χ1v) is 8.88. The standard InChI is InChI=1S/C20H20F3N5O/c1-12(11-29)25-19-27-17(14-5-4-8-24-10-14)9-18(28-19)26-16-7-3-6-15(13(16)2)20(21,22)23/h3-10,12,29H,11H2,1-2H3,(H2,25,26,27,28)/t12-/m0/s1. The van der Waals surface area contributed by atoms with E-state index in [2.05, 4.69) is 25.6 Å². The molecule has 1 atom stereocenters. The van der Waals surface area contributed by atoms with E-state index < -0.39 is 11.7 Å². The van der Waals surface area contributed by atoms with Gasteiger partial charge in [0, 0.05) is 35.8 Å². The van der Waals surface area contributed by atoms with Crippen LogP contribution in [-0.2, 0) is 6.18 Å². The summed E-state index contributed by atoms with van der Waals surface area (Å²) in [4.78, 5) is 12.8. The van der Waals surface area contributed by atoms with Crippen molar-refractivity contribution in [3.63, 3.8) is 0 Å². The molecule has 1 aromatic carbocycles. The zero-order chi connectivity index (χ0) is 21.0. The highest BCUT2D eigenvalue weighted by atomic mass is 19.4. The number of aliphatic hydroxyl groups excluding tert-OH is 1. The van der Waals surface area contributed by atoms with Crippen molar-refractivity contribution in [3.8, 4) is 11.3 Å². The Labute approximate surface area is 165 Å². The maximum Gasteiger partial charge on any atom is 0.416 e. The smallest absolute Gasteiger partial charge is 0.394 e. The summed E-state index contributed by atoms with van der Waals surface area (Å²) in [5, 5.41) is 15.2. The fourth-order valence-electron chi connectivity index (χ4n) is 2.72. The predicted octanol–water partition coefficient (Wildman–Crippen LogP) is 4.40. The normalized spacial score (nSPS) is 12.5. The highest BCUT2D eigenvalue weighted by Gasteiger charge is 2.32. The third-order valence-corrected chi connectivity index (χ3v) is 4.23. The van der Waals surface area contributed by atoms with Gasteiger partial charge in [0.15, 0.2) is 0 Å². The number of hydrogen-bond donors (Lipinski definition) is 3. The van der Waals surface area contributed by atoms with Crippen LogP contribution < -0.4 is 10.6 Å². The third-order valence-electron chi connectivity index (χ3n) is 4.23. The summed E-state index contributed by atoms with van der Waals surface area (Å²) in [6, 6.07) is 8.83. The van der Waals surface area contributed by atoms with Gasteiger partial charge in [-0.05, 0) is 43.7 Å². The van der Waals surface area contributed by atoms with E-state index >= 15 is 0 Å². The van der Waals surface area contributed by atoms with Gasteiger partial charge in [0.2, 0.25) is 5.95 Å². The number of pyridine rings is 1. The molecule has 0 aliphatic rings. The van der Waals surface area contributed by atoms with Crippen LogP contribution in [0.5, 0.6) is 0 Å². The molecule has 0 aliphatic heterocycles. The molecular formula is C20H20F3N5O. The summed E-state index contributed by atoms with van der Waals surface area (Å²) >= 11 is 0. The van der Waals surface area contributed by atoms with Crippen molar-refractivity contribution in [3.05, 3.63) is 59.9 Å². The van der Waals surface area contributed by atoms with Gasteiger partial charge in [0.05, 0.1) is 17.9 Å². The van der Waals surface area contributed by atoms with Gasteiger partial charge in [-0.15, -0.1) is 0 Å². The lowest BCUT2D eigenvalue weighted by Gasteiger charge is -2.17. The quantitative estimate of drug-likeness (QED) is 0.566. The minimum atomic E-state index is -4.45. The minimum absolute atomic E-state index is 0.0692. The molecule has 0 fully saturated rings. The molecule has 9 heteroatoms. The van der Waals surface area contributed by atoms with Crippen LogP contribution in [0.2, 0.25) is 0 Å². The van der Waals surface area contributed by atoms with E-state index in [1.54, 1.807) is 37.5 Å². The van der Waals surface area contributed by atoms with Gasteiger partial charge < -0.3 is 15.7 Å². The number of nitrogens with one attached hydrogen (secondary N) is 2. The number of halogens is 3. The van der Waals surface area contributed by atoms with Gasteiger partial charge in [-0.2, -0.15) is 18.2 Å². The summed E-state index contributed by atoms with van der Waals surface area (Å²) in [5.74, 6) is 0.550. The Morgan fingerprint density at radius 2 is 1.93 bits per heavy atom. The lowest BCUT2D eigenvalue weighted by Crippen LogP contribution is -2.21. The molecule has 0 unspecified atom stereocenters. The summed E-state index contributed by atoms with van der Waals surface area (Å²) < 4.78 is 39.6. The van der Waals surface area contributed by atoms with E-state index in [9.17, 15) is 18.3 Å². The van der Waals surface area contributed by atoms with Crippen LogP contribution in [0.3, 0.4) is 0 Å². The minimum Gasteiger partial charge on any atom is -0.394 e. The lowest BCUT2D eigenvalue weighted by atomic mass is 10.1. The Balaban J connectivity index is 2.02. The van der Waals surface area contributed by atoms with Gasteiger partial charge in [-0.3, -0.25) is 4.98 Å². The molecule has 0 saturated heterocycles. The highest BCUT2D eigenvalue weighted by Crippen LogP contribution is 2.35. The van der Waals surface area contributed by atoms with E-state index in [0.717, 1.165) is 11.6 Å². The van der Waals surface area contributed by atoms with Gasteiger partial charge >= 0.3 is 6.18 Å². The second-order valence-corrected chi connectivity index (χ2v) is 6.53. The van der Waals surface area contributed by atoms with E-state index in [0.29, 0.717) is 11.5 Å². The van der Waals surface area contributed by atoms with Gasteiger partial charge in [-0.1, -0.05) is 6.07 Å². The number of aliphatic hydroxyl groups is 1. The number of benzene rings is 1. The van der Waals surface area contributed by atoms with E-state index in [-0.39, 0.29) is 29.8 Å². The molecule has 0 bridgehead atoms. The van der Waals surface area contributed by atoms with Crippen LogP contribution in [0.15, 0.2) is 48.8 Å². The zero-order valence-electron chi connectivity index (χ0n) is 15.8. The Kier molecular flexibility index (Phi) is 5.97. The lowest BCUT2D eigenvalue weighted by molar-refractivity contribution is -0.138. The van der Waals surface area contributed by atoms with Crippen molar-refractivity contribution >= 4 is 17.5 Å². The molecule has 3 aromatic rings. The number of rotatable bonds is 6. The Bertz CT molecular complexity index is 980.